The second-order valence-corrected chi connectivity index (χ2v) is 8.11. The molecule has 30 heavy (non-hydrogen) atoms. The molecule has 0 aromatic carbocycles. The number of hydrogen-bond donors (Lipinski definition) is 2. The van der Waals surface area contributed by atoms with Crippen molar-refractivity contribution in [3.63, 3.8) is 0 Å². The molecule has 1 unspecified atom stereocenters. The van der Waals surface area contributed by atoms with Crippen LogP contribution in [0.15, 0.2) is 23.1 Å². The fourth-order valence-electron chi connectivity index (χ4n) is 2.74. The van der Waals surface area contributed by atoms with Crippen molar-refractivity contribution in [2.75, 3.05) is 18.1 Å². The normalized spacial score (nSPS) is 12.8. The number of carbonyl (C=O) groups excluding carboxylic acids is 1. The van der Waals surface area contributed by atoms with E-state index in [1.54, 1.807) is 6.92 Å². The molecule has 0 aliphatic heterocycles. The number of anilines is 1. The molecule has 2 amide bonds. The predicted octanol–water partition coefficient (Wildman–Crippen LogP) is 3.58. The van der Waals surface area contributed by atoms with Gasteiger partial charge in [-0.3, -0.25) is 5.32 Å². The maximum atomic E-state index is 13.1. The highest BCUT2D eigenvalue weighted by atomic mass is 35.5. The minimum absolute atomic E-state index is 0.0421. The Morgan fingerprint density at radius 2 is 2.00 bits per heavy atom. The predicted molar refractivity (Wildman–Crippen MR) is 107 cm³/mol. The highest BCUT2D eigenvalue weighted by Gasteiger charge is 2.34. The van der Waals surface area contributed by atoms with E-state index in [9.17, 15) is 22.5 Å². The summed E-state index contributed by atoms with van der Waals surface area (Å²) < 4.78 is 53.2. The van der Waals surface area contributed by atoms with Gasteiger partial charge in [-0.05, 0) is 36.3 Å². The molecule has 3 heterocycles. The Morgan fingerprint density at radius 3 is 2.60 bits per heavy atom. The number of rotatable bonds is 4. The lowest BCUT2D eigenvalue weighted by molar-refractivity contribution is -0.141. The topological polar surface area (TPSA) is 108 Å². The third-order valence-electron chi connectivity index (χ3n) is 4.15. The van der Waals surface area contributed by atoms with Gasteiger partial charge in [-0.2, -0.15) is 13.2 Å². The van der Waals surface area contributed by atoms with E-state index in [1.165, 1.54) is 30.8 Å². The summed E-state index contributed by atoms with van der Waals surface area (Å²) in [6.07, 6.45) is -4.69. The zero-order valence-corrected chi connectivity index (χ0v) is 17.5. The first-order valence-corrected chi connectivity index (χ1v) is 10.2. The number of halogens is 4. The number of aromatic nitrogens is 4. The Balaban J connectivity index is 2.24. The first kappa shape index (κ1) is 22.1. The highest BCUT2D eigenvalue weighted by Crippen LogP contribution is 2.35. The van der Waals surface area contributed by atoms with Crippen molar-refractivity contribution < 1.29 is 22.5 Å². The molecular weight excluding hydrogens is 445 g/mol. The van der Waals surface area contributed by atoms with Crippen LogP contribution in [0.3, 0.4) is 0 Å². The lowest BCUT2D eigenvalue weighted by atomic mass is 10.3. The smallest absolute Gasteiger partial charge is 0.433 e. The molecule has 0 aliphatic rings. The van der Waals surface area contributed by atoms with Gasteiger partial charge in [-0.15, -0.1) is 0 Å². The molecule has 0 saturated carbocycles. The number of imidazole rings is 1. The van der Waals surface area contributed by atoms with E-state index in [1.807, 2.05) is 0 Å². The Morgan fingerprint density at radius 1 is 1.30 bits per heavy atom. The van der Waals surface area contributed by atoms with Crippen LogP contribution in [0.1, 0.15) is 12.6 Å². The first-order chi connectivity index (χ1) is 14.1. The van der Waals surface area contributed by atoms with E-state index in [2.05, 4.69) is 25.6 Å². The number of fused-ring (bicyclic) bond motifs is 1. The Kier molecular flexibility index (Phi) is 6.11. The third-order valence-corrected chi connectivity index (χ3v) is 5.75. The molecule has 3 rings (SSSR count). The Bertz CT molecular complexity index is 1120. The molecular formula is C17H16ClF3N6O2S. The zero-order chi connectivity index (χ0) is 22.2. The van der Waals surface area contributed by atoms with E-state index in [0.29, 0.717) is 4.90 Å². The van der Waals surface area contributed by atoms with Crippen molar-refractivity contribution in [2.24, 2.45) is 7.05 Å². The summed E-state index contributed by atoms with van der Waals surface area (Å²) >= 11 is 4.55. The molecule has 0 aliphatic carbocycles. The number of urea groups is 1. The SMILES string of the molecule is CC[S+]([O-])c1ccc(NC(=O)NC)nc1-c1nc2cc(C(F)(F)F)nc(Cl)c2n1C. The Hall–Kier alpha value is -2.57. The highest BCUT2D eigenvalue weighted by molar-refractivity contribution is 7.91. The van der Waals surface area contributed by atoms with Gasteiger partial charge in [0.1, 0.15) is 22.8 Å². The van der Waals surface area contributed by atoms with Gasteiger partial charge >= 0.3 is 12.2 Å². The average molecular weight is 461 g/mol. The van der Waals surface area contributed by atoms with Gasteiger partial charge in [0.25, 0.3) is 0 Å². The maximum absolute atomic E-state index is 13.1. The van der Waals surface area contributed by atoms with Gasteiger partial charge < -0.3 is 14.4 Å². The molecule has 3 aromatic rings. The second kappa shape index (κ2) is 8.28. The summed E-state index contributed by atoms with van der Waals surface area (Å²) in [5.74, 6) is 0.556. The van der Waals surface area contributed by atoms with Gasteiger partial charge in [-0.25, -0.2) is 19.7 Å². The molecule has 3 aromatic heterocycles. The van der Waals surface area contributed by atoms with Crippen molar-refractivity contribution in [3.05, 3.63) is 29.0 Å². The van der Waals surface area contributed by atoms with Gasteiger partial charge in [-0.1, -0.05) is 11.6 Å². The first-order valence-electron chi connectivity index (χ1n) is 8.55. The van der Waals surface area contributed by atoms with Crippen LogP contribution < -0.4 is 10.6 Å². The monoisotopic (exact) mass is 460 g/mol. The molecule has 160 valence electrons. The van der Waals surface area contributed by atoms with Crippen LogP contribution in [0, 0.1) is 0 Å². The summed E-state index contributed by atoms with van der Waals surface area (Å²) in [5.41, 5.74) is -0.906. The zero-order valence-electron chi connectivity index (χ0n) is 16.0. The van der Waals surface area contributed by atoms with Crippen LogP contribution in [0.25, 0.3) is 22.6 Å². The molecule has 8 nitrogen and oxygen atoms in total. The minimum atomic E-state index is -4.69. The number of nitrogens with one attached hydrogen (secondary N) is 2. The fourth-order valence-corrected chi connectivity index (χ4v) is 3.93. The number of alkyl halides is 3. The number of nitrogens with zero attached hydrogens (tertiary/aromatic N) is 4. The van der Waals surface area contributed by atoms with E-state index in [-0.39, 0.29) is 39.3 Å². The molecule has 0 fully saturated rings. The van der Waals surface area contributed by atoms with Crippen molar-refractivity contribution >= 4 is 45.7 Å². The summed E-state index contributed by atoms with van der Waals surface area (Å²) in [7, 11) is 2.96. The lowest BCUT2D eigenvalue weighted by Crippen LogP contribution is -2.25. The molecule has 1 atom stereocenters. The molecule has 0 saturated heterocycles. The van der Waals surface area contributed by atoms with E-state index >= 15 is 0 Å². The van der Waals surface area contributed by atoms with Gasteiger partial charge in [0.05, 0.1) is 5.52 Å². The molecule has 2 N–H and O–H groups in total. The van der Waals surface area contributed by atoms with Crippen LogP contribution in [0.4, 0.5) is 23.8 Å². The summed E-state index contributed by atoms with van der Waals surface area (Å²) in [5, 5.41) is 4.50. The quantitative estimate of drug-likeness (QED) is 0.457. The van der Waals surface area contributed by atoms with E-state index in [4.69, 9.17) is 11.6 Å². The summed E-state index contributed by atoms with van der Waals surface area (Å²) in [6.45, 7) is 1.71. The van der Waals surface area contributed by atoms with Crippen LogP contribution in [0.5, 0.6) is 0 Å². The molecule has 0 radical (unpaired) electrons. The van der Waals surface area contributed by atoms with Crippen molar-refractivity contribution in [1.29, 1.82) is 0 Å². The van der Waals surface area contributed by atoms with Gasteiger partial charge in [0, 0.05) is 14.1 Å². The molecule has 0 spiro atoms. The number of aryl methyl sites for hydroxylation is 1. The van der Waals surface area contributed by atoms with Crippen LogP contribution in [-0.4, -0.2) is 42.9 Å². The Labute approximate surface area is 177 Å². The van der Waals surface area contributed by atoms with Gasteiger partial charge in [0.15, 0.2) is 21.6 Å². The fraction of sp³-hybridized carbons (Fsp3) is 0.294. The van der Waals surface area contributed by atoms with E-state index in [0.717, 1.165) is 6.07 Å². The second-order valence-electron chi connectivity index (χ2n) is 6.04. The number of pyridine rings is 2. The lowest BCUT2D eigenvalue weighted by Gasteiger charge is -2.13. The minimum Gasteiger partial charge on any atom is -0.611 e. The third kappa shape index (κ3) is 4.16. The largest absolute Gasteiger partial charge is 0.611 e. The summed E-state index contributed by atoms with van der Waals surface area (Å²) in [4.78, 5) is 23.9. The van der Waals surface area contributed by atoms with Crippen molar-refractivity contribution in [3.8, 4) is 11.5 Å². The van der Waals surface area contributed by atoms with Crippen LogP contribution in [-0.2, 0) is 24.4 Å². The number of hydrogen-bond acceptors (Lipinski definition) is 5. The average Bonchev–Trinajstić information content (AvgIpc) is 3.03. The summed E-state index contributed by atoms with van der Waals surface area (Å²) in [6, 6.07) is 3.26. The van der Waals surface area contributed by atoms with Gasteiger partial charge in [0.2, 0.25) is 0 Å². The molecule has 13 heteroatoms. The number of amides is 2. The standard InChI is InChI=1S/C17H16ClF3N6O2S/c1-4-30(29)9-5-6-11(26-16(28)22-2)25-12(9)15-23-8-7-10(17(19,20)21)24-14(18)13(8)27(15)3/h5-7H,4H2,1-3H3,(H2,22,25,26,28). The van der Waals surface area contributed by atoms with E-state index < -0.39 is 29.1 Å². The van der Waals surface area contributed by atoms with Crippen molar-refractivity contribution in [1.82, 2.24) is 24.8 Å². The van der Waals surface area contributed by atoms with Crippen LogP contribution >= 0.6 is 11.6 Å². The number of carbonyl (C=O) groups is 1. The maximum Gasteiger partial charge on any atom is 0.433 e. The molecule has 0 bridgehead atoms. The van der Waals surface area contributed by atoms with Crippen LogP contribution in [0.2, 0.25) is 5.15 Å². The van der Waals surface area contributed by atoms with Crippen molar-refractivity contribution in [2.45, 2.75) is 18.0 Å².